The molecule has 0 saturated heterocycles. The smallest absolute Gasteiger partial charge is 0.226 e. The molecule has 0 unspecified atom stereocenters. The van der Waals surface area contributed by atoms with Crippen LogP contribution < -0.4 is 5.32 Å². The maximum Gasteiger partial charge on any atom is 0.226 e. The highest BCUT2D eigenvalue weighted by atomic mass is 16.2. The Morgan fingerprint density at radius 3 is 2.42 bits per heavy atom. The quantitative estimate of drug-likeness (QED) is 0.797. The van der Waals surface area contributed by atoms with Crippen LogP contribution in [-0.4, -0.2) is 29.3 Å². The Bertz CT molecular complexity index is 548. The van der Waals surface area contributed by atoms with Gasteiger partial charge in [0.2, 0.25) is 11.8 Å². The number of anilines is 1. The number of hydrogen-bond donors (Lipinski definition) is 1. The fraction of sp³-hybridized carbons (Fsp3) is 0.600. The van der Waals surface area contributed by atoms with E-state index in [1.54, 1.807) is 6.92 Å². The molecule has 1 aromatic carbocycles. The lowest BCUT2D eigenvalue weighted by Crippen LogP contribution is -2.40. The van der Waals surface area contributed by atoms with Gasteiger partial charge < -0.3 is 10.2 Å². The summed E-state index contributed by atoms with van der Waals surface area (Å²) in [6, 6.07) is 8.19. The van der Waals surface area contributed by atoms with Crippen molar-refractivity contribution >= 4 is 17.5 Å². The highest BCUT2D eigenvalue weighted by Crippen LogP contribution is 2.22. The van der Waals surface area contributed by atoms with Gasteiger partial charge in [0.1, 0.15) is 0 Å². The van der Waals surface area contributed by atoms with Crippen molar-refractivity contribution in [2.24, 2.45) is 0 Å². The lowest BCUT2D eigenvalue weighted by Gasteiger charge is -2.30. The van der Waals surface area contributed by atoms with Crippen molar-refractivity contribution in [2.45, 2.75) is 71.3 Å². The summed E-state index contributed by atoms with van der Waals surface area (Å²) in [7, 11) is 0. The number of amides is 2. The molecule has 2 rings (SSSR count). The first-order valence-corrected chi connectivity index (χ1v) is 9.26. The fourth-order valence-electron chi connectivity index (χ4n) is 3.55. The summed E-state index contributed by atoms with van der Waals surface area (Å²) < 4.78 is 0. The Morgan fingerprint density at radius 2 is 1.79 bits per heavy atom. The van der Waals surface area contributed by atoms with Crippen LogP contribution in [-0.2, 0) is 16.0 Å². The predicted molar refractivity (Wildman–Crippen MR) is 97.9 cm³/mol. The van der Waals surface area contributed by atoms with Gasteiger partial charge in [0.15, 0.2) is 0 Å². The molecule has 1 aliphatic carbocycles. The summed E-state index contributed by atoms with van der Waals surface area (Å²) in [5.41, 5.74) is 2.02. The van der Waals surface area contributed by atoms with Gasteiger partial charge >= 0.3 is 0 Å². The minimum Gasteiger partial charge on any atom is -0.339 e. The van der Waals surface area contributed by atoms with E-state index in [1.165, 1.54) is 25.7 Å². The number of benzene rings is 1. The van der Waals surface area contributed by atoms with Crippen LogP contribution in [0.4, 0.5) is 5.69 Å². The lowest BCUT2D eigenvalue weighted by atomic mass is 10.1. The van der Waals surface area contributed by atoms with Crippen LogP contribution in [0.3, 0.4) is 0 Å². The van der Waals surface area contributed by atoms with Gasteiger partial charge in [-0.1, -0.05) is 50.8 Å². The predicted octanol–water partition coefficient (Wildman–Crippen LogP) is 4.15. The number of rotatable bonds is 6. The number of nitrogens with zero attached hydrogens (tertiary/aromatic N) is 1. The van der Waals surface area contributed by atoms with Gasteiger partial charge in [0, 0.05) is 31.6 Å². The van der Waals surface area contributed by atoms with E-state index < -0.39 is 0 Å². The van der Waals surface area contributed by atoms with E-state index in [2.05, 4.69) is 12.2 Å². The average Bonchev–Trinajstić information content (AvgIpc) is 2.84. The summed E-state index contributed by atoms with van der Waals surface area (Å²) >= 11 is 0. The van der Waals surface area contributed by atoms with Crippen molar-refractivity contribution in [3.63, 3.8) is 0 Å². The van der Waals surface area contributed by atoms with Gasteiger partial charge in [-0.2, -0.15) is 0 Å². The first-order chi connectivity index (χ1) is 11.6. The molecule has 1 N–H and O–H groups in total. The van der Waals surface area contributed by atoms with Crippen molar-refractivity contribution in [1.29, 1.82) is 0 Å². The van der Waals surface area contributed by atoms with Gasteiger partial charge in [0.25, 0.3) is 0 Å². The molecule has 0 aromatic heterocycles. The summed E-state index contributed by atoms with van der Waals surface area (Å²) in [5, 5.41) is 2.99. The Labute approximate surface area is 145 Å². The van der Waals surface area contributed by atoms with Crippen LogP contribution >= 0.6 is 0 Å². The van der Waals surface area contributed by atoms with Crippen LogP contribution in [0, 0.1) is 0 Å². The molecule has 0 spiro atoms. The second kappa shape index (κ2) is 9.45. The summed E-state index contributed by atoms with van der Waals surface area (Å²) in [4.78, 5) is 26.2. The molecule has 132 valence electrons. The van der Waals surface area contributed by atoms with E-state index >= 15 is 0 Å². The number of nitrogens with one attached hydrogen (secondary N) is 1. The van der Waals surface area contributed by atoms with E-state index in [-0.39, 0.29) is 11.8 Å². The molecule has 0 aliphatic heterocycles. The molecule has 2 amide bonds. The first kappa shape index (κ1) is 18.5. The molecule has 0 heterocycles. The van der Waals surface area contributed by atoms with Crippen molar-refractivity contribution in [3.8, 4) is 0 Å². The summed E-state index contributed by atoms with van der Waals surface area (Å²) in [5.74, 6) is 0.0689. The number of carbonyl (C=O) groups is 2. The zero-order chi connectivity index (χ0) is 17.4. The topological polar surface area (TPSA) is 49.4 Å². The third-order valence-electron chi connectivity index (χ3n) is 4.92. The molecule has 0 atom stereocenters. The largest absolute Gasteiger partial charge is 0.339 e. The minimum absolute atomic E-state index is 0.0178. The molecule has 0 radical (unpaired) electrons. The molecular formula is C20H30N2O2. The van der Waals surface area contributed by atoms with Gasteiger partial charge in [-0.3, -0.25) is 9.59 Å². The maximum atomic E-state index is 12.3. The number of hydrogen-bond acceptors (Lipinski definition) is 2. The van der Waals surface area contributed by atoms with Gasteiger partial charge in [-0.25, -0.2) is 0 Å². The van der Waals surface area contributed by atoms with Crippen LogP contribution in [0.25, 0.3) is 0 Å². The second-order valence-corrected chi connectivity index (χ2v) is 6.67. The van der Waals surface area contributed by atoms with E-state index in [0.29, 0.717) is 19.0 Å². The van der Waals surface area contributed by atoms with E-state index in [4.69, 9.17) is 0 Å². The van der Waals surface area contributed by atoms with Crippen LogP contribution in [0.15, 0.2) is 24.3 Å². The van der Waals surface area contributed by atoms with Crippen molar-refractivity contribution < 1.29 is 9.59 Å². The Balaban J connectivity index is 1.91. The van der Waals surface area contributed by atoms with Gasteiger partial charge in [0.05, 0.1) is 0 Å². The van der Waals surface area contributed by atoms with E-state index in [9.17, 15) is 9.59 Å². The molecule has 4 nitrogen and oxygen atoms in total. The van der Waals surface area contributed by atoms with Crippen LogP contribution in [0.2, 0.25) is 0 Å². The number of carbonyl (C=O) groups excluding carboxylic acids is 2. The molecule has 1 saturated carbocycles. The molecule has 0 bridgehead atoms. The molecule has 4 heteroatoms. The first-order valence-electron chi connectivity index (χ1n) is 9.26. The molecule has 24 heavy (non-hydrogen) atoms. The molecular weight excluding hydrogens is 300 g/mol. The third kappa shape index (κ3) is 5.36. The van der Waals surface area contributed by atoms with Crippen molar-refractivity contribution in [3.05, 3.63) is 29.8 Å². The van der Waals surface area contributed by atoms with Gasteiger partial charge in [-0.05, 0) is 30.9 Å². The second-order valence-electron chi connectivity index (χ2n) is 6.67. The van der Waals surface area contributed by atoms with Gasteiger partial charge in [-0.15, -0.1) is 0 Å². The third-order valence-corrected chi connectivity index (χ3v) is 4.92. The Kier molecular flexibility index (Phi) is 7.29. The lowest BCUT2D eigenvalue weighted by molar-refractivity contribution is -0.131. The Hall–Kier alpha value is -1.84. The molecule has 1 fully saturated rings. The van der Waals surface area contributed by atoms with Crippen LogP contribution in [0.1, 0.15) is 64.4 Å². The highest BCUT2D eigenvalue weighted by molar-refractivity contribution is 5.91. The number of para-hydroxylation sites is 1. The highest BCUT2D eigenvalue weighted by Gasteiger charge is 2.22. The number of aryl methyl sites for hydroxylation is 1. The van der Waals surface area contributed by atoms with E-state index in [1.807, 2.05) is 29.2 Å². The zero-order valence-corrected chi connectivity index (χ0v) is 15.0. The van der Waals surface area contributed by atoms with Crippen molar-refractivity contribution in [1.82, 2.24) is 4.90 Å². The monoisotopic (exact) mass is 330 g/mol. The SMILES string of the molecule is CCc1ccccc1NC(=O)CCN(C(C)=O)C1CCCCCC1. The van der Waals surface area contributed by atoms with Crippen LogP contribution in [0.5, 0.6) is 0 Å². The maximum absolute atomic E-state index is 12.3. The zero-order valence-electron chi connectivity index (χ0n) is 15.0. The minimum atomic E-state index is -0.0178. The van der Waals surface area contributed by atoms with Crippen molar-refractivity contribution in [2.75, 3.05) is 11.9 Å². The summed E-state index contributed by atoms with van der Waals surface area (Å²) in [6.07, 6.45) is 8.27. The normalized spacial score (nSPS) is 15.6. The average molecular weight is 330 g/mol. The fourth-order valence-corrected chi connectivity index (χ4v) is 3.55. The summed E-state index contributed by atoms with van der Waals surface area (Å²) in [6.45, 7) is 4.21. The molecule has 1 aromatic rings. The van der Waals surface area contributed by atoms with E-state index in [0.717, 1.165) is 30.5 Å². The Morgan fingerprint density at radius 1 is 1.12 bits per heavy atom. The molecule has 1 aliphatic rings. The standard InChI is InChI=1S/C20H30N2O2/c1-3-17-10-8-9-13-19(17)21-20(24)14-15-22(16(2)23)18-11-6-4-5-7-12-18/h8-10,13,18H,3-7,11-12,14-15H2,1-2H3,(H,21,24).